The molecule has 0 saturated carbocycles. The van der Waals surface area contributed by atoms with E-state index in [2.05, 4.69) is 106 Å². The monoisotopic (exact) mass is 426 g/mol. The van der Waals surface area contributed by atoms with E-state index in [1.807, 2.05) is 0 Å². The largest absolute Gasteiger partial charge is 0.246 e. The Kier molecular flexibility index (Phi) is 4.62. The number of fused-ring (bicyclic) bond motifs is 3. The van der Waals surface area contributed by atoms with Gasteiger partial charge in [-0.3, -0.25) is 0 Å². The summed E-state index contributed by atoms with van der Waals surface area (Å²) in [5.74, 6) is 0.395. The number of aryl methyl sites for hydroxylation is 1. The number of benzene rings is 4. The number of hydrogen-bond donors (Lipinski definition) is 0. The second kappa shape index (κ2) is 7.67. The van der Waals surface area contributed by atoms with E-state index < -0.39 is 0 Å². The highest BCUT2D eigenvalue weighted by atomic mass is 14.8. The molecule has 33 heavy (non-hydrogen) atoms. The lowest BCUT2D eigenvalue weighted by molar-refractivity contribution is 0.867. The van der Waals surface area contributed by atoms with Crippen molar-refractivity contribution in [3.8, 4) is 11.1 Å². The average molecular weight is 427 g/mol. The molecule has 0 N–H and O–H groups in total. The molecular formula is C31H26N2. The summed E-state index contributed by atoms with van der Waals surface area (Å²) in [6, 6.07) is 30.3. The Morgan fingerprint density at radius 2 is 1.42 bits per heavy atom. The quantitative estimate of drug-likeness (QED) is 0.311. The summed E-state index contributed by atoms with van der Waals surface area (Å²) in [5.41, 5.74) is 14.0. The third-order valence-electron chi connectivity index (χ3n) is 6.80. The molecule has 0 amide bonds. The van der Waals surface area contributed by atoms with Gasteiger partial charge in [0.2, 0.25) is 0 Å². The Morgan fingerprint density at radius 3 is 2.27 bits per heavy atom. The lowest BCUT2D eigenvalue weighted by Crippen LogP contribution is -2.24. The zero-order valence-electron chi connectivity index (χ0n) is 19.3. The van der Waals surface area contributed by atoms with Crippen LogP contribution in [0, 0.1) is 6.92 Å². The van der Waals surface area contributed by atoms with Crippen molar-refractivity contribution in [3.63, 3.8) is 0 Å². The van der Waals surface area contributed by atoms with Crippen molar-refractivity contribution < 1.29 is 0 Å². The lowest BCUT2D eigenvalue weighted by Gasteiger charge is -2.25. The number of hydrogen-bond acceptors (Lipinski definition) is 2. The first kappa shape index (κ1) is 19.9. The fraction of sp³-hybridized carbons (Fsp3) is 0.161. The minimum Gasteiger partial charge on any atom is -0.246 e. The first-order chi connectivity index (χ1) is 16.1. The van der Waals surface area contributed by atoms with Crippen molar-refractivity contribution in [2.75, 3.05) is 0 Å². The van der Waals surface area contributed by atoms with Gasteiger partial charge in [0.05, 0.1) is 22.8 Å². The second-order valence-corrected chi connectivity index (χ2v) is 9.28. The fourth-order valence-corrected chi connectivity index (χ4v) is 5.18. The summed E-state index contributed by atoms with van der Waals surface area (Å²) >= 11 is 0. The highest BCUT2D eigenvalue weighted by Crippen LogP contribution is 2.42. The van der Waals surface area contributed by atoms with E-state index in [9.17, 15) is 0 Å². The van der Waals surface area contributed by atoms with E-state index in [0.717, 1.165) is 34.8 Å². The molecule has 4 aromatic rings. The molecule has 1 aliphatic heterocycles. The maximum atomic E-state index is 5.35. The van der Waals surface area contributed by atoms with E-state index >= 15 is 0 Å². The van der Waals surface area contributed by atoms with Gasteiger partial charge in [-0.1, -0.05) is 92.7 Å². The van der Waals surface area contributed by atoms with E-state index in [1.54, 1.807) is 0 Å². The first-order valence-electron chi connectivity index (χ1n) is 11.7. The van der Waals surface area contributed by atoms with Gasteiger partial charge < -0.3 is 0 Å². The molecule has 2 aliphatic rings. The number of aliphatic imine (C=N–C) groups is 2. The van der Waals surface area contributed by atoms with Crippen molar-refractivity contribution in [2.45, 2.75) is 33.1 Å². The molecule has 0 saturated heterocycles. The minimum absolute atomic E-state index is 0.395. The molecule has 2 nitrogen and oxygen atoms in total. The molecule has 0 spiro atoms. The molecule has 0 atom stereocenters. The van der Waals surface area contributed by atoms with E-state index in [4.69, 9.17) is 9.98 Å². The lowest BCUT2D eigenvalue weighted by atomic mass is 9.80. The summed E-state index contributed by atoms with van der Waals surface area (Å²) in [6.45, 7) is 6.61. The molecule has 1 heterocycles. The smallest absolute Gasteiger partial charge is 0.0981 e. The van der Waals surface area contributed by atoms with E-state index in [1.165, 1.54) is 38.9 Å². The third kappa shape index (κ3) is 3.17. The average Bonchev–Trinajstić information content (AvgIpc) is 3.00. The maximum Gasteiger partial charge on any atom is 0.0981 e. The van der Waals surface area contributed by atoms with Gasteiger partial charge in [0.1, 0.15) is 0 Å². The predicted molar refractivity (Wildman–Crippen MR) is 139 cm³/mol. The summed E-state index contributed by atoms with van der Waals surface area (Å²) in [4.78, 5) is 10.7. The molecular weight excluding hydrogens is 400 g/mol. The van der Waals surface area contributed by atoms with Crippen molar-refractivity contribution >= 4 is 22.8 Å². The Labute approximate surface area is 195 Å². The van der Waals surface area contributed by atoms with Gasteiger partial charge in [0.25, 0.3) is 0 Å². The van der Waals surface area contributed by atoms with Crippen LogP contribution in [-0.4, -0.2) is 11.4 Å². The first-order valence-corrected chi connectivity index (χ1v) is 11.7. The van der Waals surface area contributed by atoms with Crippen molar-refractivity contribution in [1.82, 2.24) is 0 Å². The molecule has 160 valence electrons. The standard InChI is InChI=1S/C31H26N2/c1-19(2)23-13-6-7-17-27(23)32-30-26-15-5-4-14-24(26)25-16-9-11-21-18-22-12-8-10-20(3)29(22)33-31(30)28(21)25/h4-17,19H,18H2,1-3H3. The van der Waals surface area contributed by atoms with Gasteiger partial charge in [0, 0.05) is 17.5 Å². The van der Waals surface area contributed by atoms with Gasteiger partial charge in [0.15, 0.2) is 0 Å². The van der Waals surface area contributed by atoms with Crippen LogP contribution in [0.2, 0.25) is 0 Å². The van der Waals surface area contributed by atoms with Gasteiger partial charge in [-0.05, 0) is 52.3 Å². The summed E-state index contributed by atoms with van der Waals surface area (Å²) in [7, 11) is 0. The Hall–Kier alpha value is -3.78. The minimum atomic E-state index is 0.395. The zero-order valence-corrected chi connectivity index (χ0v) is 19.3. The van der Waals surface area contributed by atoms with Gasteiger partial charge in [-0.15, -0.1) is 0 Å². The van der Waals surface area contributed by atoms with Crippen LogP contribution in [-0.2, 0) is 6.42 Å². The van der Waals surface area contributed by atoms with E-state index in [0.29, 0.717) is 5.92 Å². The third-order valence-corrected chi connectivity index (χ3v) is 6.80. The summed E-state index contributed by atoms with van der Waals surface area (Å²) in [5, 5.41) is 0. The molecule has 6 rings (SSSR count). The number of rotatable bonds is 2. The molecule has 0 unspecified atom stereocenters. The molecule has 2 heteroatoms. The molecule has 4 aromatic carbocycles. The van der Waals surface area contributed by atoms with E-state index in [-0.39, 0.29) is 0 Å². The Bertz CT molecular complexity index is 1470. The normalized spacial score (nSPS) is 14.9. The van der Waals surface area contributed by atoms with Gasteiger partial charge in [-0.2, -0.15) is 0 Å². The van der Waals surface area contributed by atoms with Crippen molar-refractivity contribution in [3.05, 3.63) is 118 Å². The van der Waals surface area contributed by atoms with Crippen LogP contribution in [0.15, 0.2) is 94.9 Å². The second-order valence-electron chi connectivity index (χ2n) is 9.28. The Balaban J connectivity index is 1.72. The van der Waals surface area contributed by atoms with Crippen LogP contribution in [0.4, 0.5) is 11.4 Å². The topological polar surface area (TPSA) is 24.7 Å². The molecule has 0 bridgehead atoms. The van der Waals surface area contributed by atoms with Crippen molar-refractivity contribution in [2.24, 2.45) is 9.98 Å². The molecule has 0 fully saturated rings. The van der Waals surface area contributed by atoms with Crippen LogP contribution in [0.3, 0.4) is 0 Å². The molecule has 0 radical (unpaired) electrons. The molecule has 1 aliphatic carbocycles. The predicted octanol–water partition coefficient (Wildman–Crippen LogP) is 7.94. The molecule has 0 aromatic heterocycles. The van der Waals surface area contributed by atoms with Crippen LogP contribution in [0.1, 0.15) is 53.1 Å². The summed E-state index contributed by atoms with van der Waals surface area (Å²) < 4.78 is 0. The van der Waals surface area contributed by atoms with Crippen molar-refractivity contribution in [1.29, 1.82) is 0 Å². The van der Waals surface area contributed by atoms with Crippen LogP contribution >= 0.6 is 0 Å². The SMILES string of the molecule is Cc1cccc2c1N=C1C(=Nc3ccccc3C(C)C)c3ccccc3-c3cccc(c31)C2. The number of nitrogens with zero attached hydrogens (tertiary/aromatic N) is 2. The van der Waals surface area contributed by atoms with Crippen LogP contribution < -0.4 is 0 Å². The summed E-state index contributed by atoms with van der Waals surface area (Å²) in [6.07, 6.45) is 0.880. The number of para-hydroxylation sites is 2. The van der Waals surface area contributed by atoms with Crippen LogP contribution in [0.25, 0.3) is 11.1 Å². The highest BCUT2D eigenvalue weighted by molar-refractivity contribution is 6.58. The maximum absolute atomic E-state index is 5.35. The Morgan fingerprint density at radius 1 is 0.727 bits per heavy atom. The zero-order chi connectivity index (χ0) is 22.5. The van der Waals surface area contributed by atoms with Crippen LogP contribution in [0.5, 0.6) is 0 Å². The van der Waals surface area contributed by atoms with Gasteiger partial charge >= 0.3 is 0 Å². The van der Waals surface area contributed by atoms with Gasteiger partial charge in [-0.25, -0.2) is 9.98 Å². The fourth-order valence-electron chi connectivity index (χ4n) is 5.18. The highest BCUT2D eigenvalue weighted by Gasteiger charge is 2.31.